The predicted octanol–water partition coefficient (Wildman–Crippen LogP) is 3.56. The van der Waals surface area contributed by atoms with Gasteiger partial charge >= 0.3 is 6.18 Å². The average Bonchev–Trinajstić information content (AvgIpc) is 3.21. The molecule has 0 amide bonds. The maximum Gasteiger partial charge on any atom is 0.406 e. The molecule has 7 nitrogen and oxygen atoms in total. The van der Waals surface area contributed by atoms with Gasteiger partial charge in [0.1, 0.15) is 30.1 Å². The summed E-state index contributed by atoms with van der Waals surface area (Å²) in [5.41, 5.74) is -3.14. The van der Waals surface area contributed by atoms with Crippen molar-refractivity contribution in [3.63, 3.8) is 0 Å². The van der Waals surface area contributed by atoms with Gasteiger partial charge in [-0.25, -0.2) is 19.0 Å². The van der Waals surface area contributed by atoms with E-state index in [4.69, 9.17) is 11.7 Å². The van der Waals surface area contributed by atoms with Gasteiger partial charge in [0.15, 0.2) is 6.17 Å². The number of aliphatic hydroxyl groups is 1. The van der Waals surface area contributed by atoms with Crippen molar-refractivity contribution in [2.45, 2.75) is 37.3 Å². The highest BCUT2D eigenvalue weighted by atomic mass is 19.4. The van der Waals surface area contributed by atoms with Gasteiger partial charge in [0.25, 0.3) is 0 Å². The summed E-state index contributed by atoms with van der Waals surface area (Å²) in [5, 5.41) is 15.1. The smallest absolute Gasteiger partial charge is 0.380 e. The quantitative estimate of drug-likeness (QED) is 0.117. The van der Waals surface area contributed by atoms with Gasteiger partial charge in [-0.3, -0.25) is 10.0 Å². The van der Waals surface area contributed by atoms with Crippen LogP contribution >= 0.6 is 0 Å². The van der Waals surface area contributed by atoms with Gasteiger partial charge < -0.3 is 15.5 Å². The number of hydrogen-bond donors (Lipinski definition) is 3. The Morgan fingerprint density at radius 3 is 2.67 bits per heavy atom. The molecule has 13 heteroatoms. The maximum absolute atomic E-state index is 15.6. The number of nitrogens with zero attached hydrogens (tertiary/aromatic N) is 4. The fourth-order valence-electron chi connectivity index (χ4n) is 3.39. The van der Waals surface area contributed by atoms with E-state index in [-0.39, 0.29) is 12.8 Å². The van der Waals surface area contributed by atoms with E-state index < -0.39 is 54.0 Å². The molecule has 36 heavy (non-hydrogen) atoms. The molecule has 2 atom stereocenters. The third-order valence-corrected chi connectivity index (χ3v) is 4.95. The number of hydrogen-bond acceptors (Lipinski definition) is 5. The van der Waals surface area contributed by atoms with Gasteiger partial charge in [-0.2, -0.15) is 18.3 Å². The third kappa shape index (κ3) is 7.89. The number of aromatic nitrogens is 1. The molecule has 0 bridgehead atoms. The van der Waals surface area contributed by atoms with Gasteiger partial charge in [-0.05, 0) is 18.6 Å². The van der Waals surface area contributed by atoms with Crippen molar-refractivity contribution in [3.05, 3.63) is 72.3 Å². The molecule has 0 radical (unpaired) electrons. The first-order valence-electron chi connectivity index (χ1n) is 10.3. The van der Waals surface area contributed by atoms with Crippen LogP contribution in [0.4, 0.5) is 26.3 Å². The van der Waals surface area contributed by atoms with Crippen molar-refractivity contribution in [2.24, 2.45) is 21.8 Å². The number of nitrogens with two attached hydrogens (primary N) is 2. The number of hydrazine groups is 1. The lowest BCUT2D eigenvalue weighted by Crippen LogP contribution is -2.55. The largest absolute Gasteiger partial charge is 0.406 e. The standard InChI is InChI=1S/C23H24F6N6O/c1-2-20(32-9-4-3-5-16-8-10-34(12-16)14-23(27,28)29)21(26)22(36,13-35(31)15-33-30)18-7-6-17(24)11-19(18)25/h2,4,8-12,15,21,36H,1,6-7,13-14,30-31H2/b9-4+,32-20+,33-15-. The van der Waals surface area contributed by atoms with Crippen LogP contribution < -0.4 is 11.7 Å². The molecular weight excluding hydrogens is 490 g/mol. The Balaban J connectivity index is 2.28. The van der Waals surface area contributed by atoms with E-state index in [1.165, 1.54) is 24.5 Å². The Hall–Kier alpha value is -3.76. The van der Waals surface area contributed by atoms with Gasteiger partial charge in [0.05, 0.1) is 12.3 Å². The molecule has 0 saturated heterocycles. The first-order chi connectivity index (χ1) is 16.9. The van der Waals surface area contributed by atoms with Crippen LogP contribution in [0.2, 0.25) is 0 Å². The second-order valence-corrected chi connectivity index (χ2v) is 7.67. The van der Waals surface area contributed by atoms with Crippen LogP contribution in [0.5, 0.6) is 0 Å². The van der Waals surface area contributed by atoms with Gasteiger partial charge in [-0.1, -0.05) is 18.4 Å². The Kier molecular flexibility index (Phi) is 9.71. The van der Waals surface area contributed by atoms with Crippen molar-refractivity contribution >= 4 is 12.1 Å². The molecule has 1 aliphatic carbocycles. The van der Waals surface area contributed by atoms with E-state index in [0.717, 1.165) is 28.2 Å². The van der Waals surface area contributed by atoms with Gasteiger partial charge in [0, 0.05) is 48.3 Å². The number of hydrazone groups is 1. The van der Waals surface area contributed by atoms with Crippen molar-refractivity contribution in [3.8, 4) is 11.8 Å². The topological polar surface area (TPSA) is 105 Å². The molecule has 1 heterocycles. The van der Waals surface area contributed by atoms with Crippen molar-refractivity contribution < 1.29 is 31.4 Å². The van der Waals surface area contributed by atoms with Crippen LogP contribution in [-0.2, 0) is 6.54 Å². The van der Waals surface area contributed by atoms with Gasteiger partial charge in [0.2, 0.25) is 0 Å². The second-order valence-electron chi connectivity index (χ2n) is 7.67. The Bertz CT molecular complexity index is 1150. The first kappa shape index (κ1) is 28.5. The minimum Gasteiger partial charge on any atom is -0.380 e. The number of aliphatic imine (C=N–C) groups is 1. The lowest BCUT2D eigenvalue weighted by atomic mass is 9.81. The fourth-order valence-corrected chi connectivity index (χ4v) is 3.39. The number of alkyl halides is 4. The highest BCUT2D eigenvalue weighted by molar-refractivity contribution is 6.00. The molecule has 2 rings (SSSR count). The van der Waals surface area contributed by atoms with E-state index >= 15 is 4.39 Å². The fraction of sp³-hybridized carbons (Fsp3) is 0.304. The molecule has 1 aromatic heterocycles. The lowest BCUT2D eigenvalue weighted by molar-refractivity contribution is -0.140. The minimum absolute atomic E-state index is 0.256. The lowest BCUT2D eigenvalue weighted by Gasteiger charge is -2.37. The molecular formula is C23H24F6N6O. The summed E-state index contributed by atoms with van der Waals surface area (Å²) in [6, 6.07) is 1.38. The Labute approximate surface area is 203 Å². The van der Waals surface area contributed by atoms with E-state index in [2.05, 4.69) is 28.5 Å². The molecule has 1 aromatic rings. The molecule has 194 valence electrons. The summed E-state index contributed by atoms with van der Waals surface area (Å²) >= 11 is 0. The van der Waals surface area contributed by atoms with E-state index in [9.17, 15) is 27.1 Å². The molecule has 1 aliphatic rings. The summed E-state index contributed by atoms with van der Waals surface area (Å²) in [7, 11) is 0. The normalized spacial score (nSPS) is 17.6. The second kappa shape index (κ2) is 12.3. The van der Waals surface area contributed by atoms with Crippen molar-refractivity contribution in [1.82, 2.24) is 9.58 Å². The third-order valence-electron chi connectivity index (χ3n) is 4.95. The van der Waals surface area contributed by atoms with Crippen LogP contribution in [0.3, 0.4) is 0 Å². The van der Waals surface area contributed by atoms with E-state index in [0.29, 0.717) is 11.6 Å². The van der Waals surface area contributed by atoms with Crippen LogP contribution in [0.1, 0.15) is 18.4 Å². The van der Waals surface area contributed by atoms with Crippen LogP contribution in [0, 0.1) is 11.8 Å². The van der Waals surface area contributed by atoms with E-state index in [1.54, 1.807) is 0 Å². The first-order valence-corrected chi connectivity index (χ1v) is 10.3. The molecule has 2 unspecified atom stereocenters. The summed E-state index contributed by atoms with van der Waals surface area (Å²) in [4.78, 5) is 3.86. The van der Waals surface area contributed by atoms with Gasteiger partial charge in [-0.15, -0.1) is 0 Å². The summed E-state index contributed by atoms with van der Waals surface area (Å²) in [5.74, 6) is 13.9. The SMILES string of the molecule is C=C/C(=N\C=C\C#Cc1ccn(CC(F)(F)F)c1)C(F)C(O)(CN(N)/C=N\N)C1=C(F)C=C(F)CC1. The Morgan fingerprint density at radius 1 is 1.33 bits per heavy atom. The van der Waals surface area contributed by atoms with Crippen molar-refractivity contribution in [1.29, 1.82) is 0 Å². The van der Waals surface area contributed by atoms with E-state index in [1.807, 2.05) is 0 Å². The zero-order chi connectivity index (χ0) is 26.9. The highest BCUT2D eigenvalue weighted by Gasteiger charge is 2.46. The van der Waals surface area contributed by atoms with Crippen LogP contribution in [0.25, 0.3) is 0 Å². The van der Waals surface area contributed by atoms with Crippen LogP contribution in [-0.4, -0.2) is 51.2 Å². The summed E-state index contributed by atoms with van der Waals surface area (Å²) < 4.78 is 81.8. The minimum atomic E-state index is -4.37. The summed E-state index contributed by atoms with van der Waals surface area (Å²) in [6.07, 6.45) is -0.222. The molecule has 0 aromatic carbocycles. The summed E-state index contributed by atoms with van der Waals surface area (Å²) in [6.45, 7) is 1.58. The zero-order valence-electron chi connectivity index (χ0n) is 18.9. The number of halogens is 6. The number of allylic oxidation sites excluding steroid dienone is 5. The average molecular weight is 514 g/mol. The molecule has 0 aliphatic heterocycles. The van der Waals surface area contributed by atoms with Crippen molar-refractivity contribution in [2.75, 3.05) is 6.54 Å². The highest BCUT2D eigenvalue weighted by Crippen LogP contribution is 2.37. The molecule has 0 fully saturated rings. The zero-order valence-corrected chi connectivity index (χ0v) is 18.9. The maximum atomic E-state index is 15.6. The molecule has 0 spiro atoms. The Morgan fingerprint density at radius 2 is 2.06 bits per heavy atom. The predicted molar refractivity (Wildman–Crippen MR) is 124 cm³/mol. The molecule has 5 N–H and O–H groups in total. The molecule has 0 saturated carbocycles. The van der Waals surface area contributed by atoms with Crippen LogP contribution in [0.15, 0.2) is 76.8 Å². The number of rotatable bonds is 9. The monoisotopic (exact) mass is 514 g/mol.